The van der Waals surface area contributed by atoms with Gasteiger partial charge in [0.05, 0.1) is 18.1 Å². The van der Waals surface area contributed by atoms with Gasteiger partial charge < -0.3 is 11.1 Å². The van der Waals surface area contributed by atoms with E-state index in [0.29, 0.717) is 12.6 Å². The summed E-state index contributed by atoms with van der Waals surface area (Å²) in [5.74, 6) is 1.77. The van der Waals surface area contributed by atoms with Gasteiger partial charge in [-0.3, -0.25) is 9.80 Å². The Balaban J connectivity index is 1.49. The van der Waals surface area contributed by atoms with Gasteiger partial charge in [-0.25, -0.2) is 9.97 Å². The number of piperazine rings is 1. The molecule has 6 nitrogen and oxygen atoms in total. The van der Waals surface area contributed by atoms with Crippen LogP contribution in [0, 0.1) is 0 Å². The van der Waals surface area contributed by atoms with Gasteiger partial charge >= 0.3 is 0 Å². The number of allylic oxidation sites excluding steroid dienone is 3. The van der Waals surface area contributed by atoms with Crippen LogP contribution >= 0.6 is 23.2 Å². The minimum Gasteiger partial charge on any atom is -0.367 e. The summed E-state index contributed by atoms with van der Waals surface area (Å²) in [6, 6.07) is 16.8. The average Bonchev–Trinajstić information content (AvgIpc) is 2.98. The Hall–Kier alpha value is -2.74. The second-order valence-corrected chi connectivity index (χ2v) is 11.3. The molecular formula is C33H42Cl2N6. The van der Waals surface area contributed by atoms with Crippen LogP contribution in [0.4, 0.5) is 5.82 Å². The predicted octanol–water partition coefficient (Wildman–Crippen LogP) is 7.33. The molecule has 2 unspecified atom stereocenters. The number of rotatable bonds is 13. The molecule has 1 aliphatic rings. The maximum atomic E-state index is 6.23. The Morgan fingerprint density at radius 2 is 1.80 bits per heavy atom. The molecule has 0 spiro atoms. The Labute approximate surface area is 254 Å². The van der Waals surface area contributed by atoms with Gasteiger partial charge in [-0.05, 0) is 68.6 Å². The molecule has 3 N–H and O–H groups in total. The molecule has 2 aromatic carbocycles. The van der Waals surface area contributed by atoms with E-state index in [2.05, 4.69) is 64.5 Å². The Bertz CT molecular complexity index is 1330. The van der Waals surface area contributed by atoms with Crippen LogP contribution in [-0.4, -0.2) is 58.5 Å². The zero-order valence-corrected chi connectivity index (χ0v) is 25.7. The number of anilines is 1. The Morgan fingerprint density at radius 1 is 1.05 bits per heavy atom. The second kappa shape index (κ2) is 16.0. The highest BCUT2D eigenvalue weighted by Gasteiger charge is 2.27. The molecule has 2 heterocycles. The first-order valence-corrected chi connectivity index (χ1v) is 15.4. The van der Waals surface area contributed by atoms with E-state index < -0.39 is 0 Å². The van der Waals surface area contributed by atoms with Crippen LogP contribution < -0.4 is 11.1 Å². The third-order valence-corrected chi connectivity index (χ3v) is 7.88. The predicted molar refractivity (Wildman–Crippen MR) is 174 cm³/mol. The van der Waals surface area contributed by atoms with Gasteiger partial charge in [0, 0.05) is 48.2 Å². The summed E-state index contributed by atoms with van der Waals surface area (Å²) in [7, 11) is 0. The van der Waals surface area contributed by atoms with Crippen molar-refractivity contribution in [2.24, 2.45) is 5.73 Å². The molecule has 0 bridgehead atoms. The van der Waals surface area contributed by atoms with Crippen molar-refractivity contribution < 1.29 is 0 Å². The fraction of sp³-hybridized carbons (Fsp3) is 0.394. The lowest BCUT2D eigenvalue weighted by atomic mass is 9.95. The number of benzene rings is 2. The number of hydrogen-bond donors (Lipinski definition) is 2. The summed E-state index contributed by atoms with van der Waals surface area (Å²) in [5, 5.41) is 5.45. The first kappa shape index (κ1) is 31.2. The van der Waals surface area contributed by atoms with E-state index in [0.717, 1.165) is 79.6 Å². The van der Waals surface area contributed by atoms with Gasteiger partial charge in [-0.15, -0.1) is 0 Å². The normalized spacial score (nSPS) is 17.0. The maximum absolute atomic E-state index is 6.23. The van der Waals surface area contributed by atoms with Crippen LogP contribution in [0.3, 0.4) is 0 Å². The van der Waals surface area contributed by atoms with Crippen molar-refractivity contribution in [1.82, 2.24) is 19.8 Å². The molecule has 0 saturated carbocycles. The summed E-state index contributed by atoms with van der Waals surface area (Å²) >= 11 is 12.1. The van der Waals surface area contributed by atoms with Gasteiger partial charge in [0.15, 0.2) is 0 Å². The highest BCUT2D eigenvalue weighted by molar-refractivity contribution is 6.30. The lowest BCUT2D eigenvalue weighted by molar-refractivity contribution is 0.103. The molecule has 0 amide bonds. The average molecular weight is 594 g/mol. The first-order chi connectivity index (χ1) is 20.0. The minimum atomic E-state index is 0.104. The number of unbranched alkanes of at least 4 members (excludes halogenated alkanes) is 1. The zero-order chi connectivity index (χ0) is 29.0. The number of nitrogens with one attached hydrogen (secondary N) is 1. The number of fused-ring (bicyclic) bond motifs is 1. The van der Waals surface area contributed by atoms with E-state index in [4.69, 9.17) is 38.9 Å². The monoisotopic (exact) mass is 592 g/mol. The highest BCUT2D eigenvalue weighted by Crippen LogP contribution is 2.32. The second-order valence-electron chi connectivity index (χ2n) is 10.6. The van der Waals surface area contributed by atoms with Crippen molar-refractivity contribution in [1.29, 1.82) is 0 Å². The fourth-order valence-corrected chi connectivity index (χ4v) is 5.62. The number of para-hydroxylation sites is 1. The molecule has 2 atom stereocenters. The lowest BCUT2D eigenvalue weighted by Gasteiger charge is -2.40. The molecule has 8 heteroatoms. The summed E-state index contributed by atoms with van der Waals surface area (Å²) in [4.78, 5) is 14.9. The summed E-state index contributed by atoms with van der Waals surface area (Å²) in [6.45, 7) is 9.39. The topological polar surface area (TPSA) is 70.3 Å². The van der Waals surface area contributed by atoms with Gasteiger partial charge in [-0.2, -0.15) is 0 Å². The SMILES string of the molecule is C\C=C/C(=C\C=C\Cl)C(c1ccc(Cl)cc1)N1CCN(Cc2nc(NC(C)CCCCN)c3ccccc3n2)CC1. The quantitative estimate of drug-likeness (QED) is 0.160. The molecule has 1 aromatic heterocycles. The number of hydrogen-bond acceptors (Lipinski definition) is 6. The molecule has 0 aliphatic carbocycles. The molecule has 1 aliphatic heterocycles. The molecular weight excluding hydrogens is 551 g/mol. The Morgan fingerprint density at radius 3 is 2.51 bits per heavy atom. The molecule has 0 radical (unpaired) electrons. The zero-order valence-electron chi connectivity index (χ0n) is 24.1. The van der Waals surface area contributed by atoms with Crippen molar-refractivity contribution in [3.05, 3.63) is 100 Å². The van der Waals surface area contributed by atoms with Crippen molar-refractivity contribution in [3.63, 3.8) is 0 Å². The smallest absolute Gasteiger partial charge is 0.145 e. The van der Waals surface area contributed by atoms with Crippen LogP contribution in [0.5, 0.6) is 0 Å². The largest absolute Gasteiger partial charge is 0.367 e. The van der Waals surface area contributed by atoms with Crippen molar-refractivity contribution in [3.8, 4) is 0 Å². The fourth-order valence-electron chi connectivity index (χ4n) is 5.42. The van der Waals surface area contributed by atoms with E-state index >= 15 is 0 Å². The number of nitrogens with zero attached hydrogens (tertiary/aromatic N) is 4. The summed E-state index contributed by atoms with van der Waals surface area (Å²) in [5.41, 5.74) is 10.6. The first-order valence-electron chi connectivity index (χ1n) is 14.6. The highest BCUT2D eigenvalue weighted by atomic mass is 35.5. The van der Waals surface area contributed by atoms with E-state index in [9.17, 15) is 0 Å². The number of halogens is 2. The molecule has 1 saturated heterocycles. The molecule has 1 fully saturated rings. The van der Waals surface area contributed by atoms with E-state index in [1.54, 1.807) is 5.54 Å². The summed E-state index contributed by atoms with van der Waals surface area (Å²) < 4.78 is 0. The van der Waals surface area contributed by atoms with Crippen molar-refractivity contribution >= 4 is 39.9 Å². The minimum absolute atomic E-state index is 0.104. The van der Waals surface area contributed by atoms with Crippen LogP contribution in [-0.2, 0) is 6.54 Å². The van der Waals surface area contributed by atoms with E-state index in [1.165, 1.54) is 11.1 Å². The summed E-state index contributed by atoms with van der Waals surface area (Å²) in [6.07, 6.45) is 11.4. The molecule has 218 valence electrons. The van der Waals surface area contributed by atoms with Gasteiger partial charge in [0.1, 0.15) is 11.6 Å². The van der Waals surface area contributed by atoms with Gasteiger partial charge in [-0.1, -0.05) is 78.2 Å². The van der Waals surface area contributed by atoms with Crippen molar-refractivity contribution in [2.75, 3.05) is 38.0 Å². The van der Waals surface area contributed by atoms with Crippen molar-refractivity contribution in [2.45, 2.75) is 51.7 Å². The molecule has 41 heavy (non-hydrogen) atoms. The van der Waals surface area contributed by atoms with Crippen LogP contribution in [0.2, 0.25) is 5.02 Å². The van der Waals surface area contributed by atoms with E-state index in [1.807, 2.05) is 37.3 Å². The molecule has 4 rings (SSSR count). The standard InChI is InChI=1S/C33H42Cl2N6/c1-3-9-26(11-8-18-34)32(27-14-16-28(35)17-15-27)41-22-20-40(21-23-41)24-31-38-30-13-5-4-12-29(30)33(39-31)37-25(2)10-6-7-19-36/h3-5,8-9,11-18,25,32H,6-7,10,19-24,36H2,1-2H3,(H,37,38,39)/b9-3-,18-8+,26-11+. The van der Waals surface area contributed by atoms with Gasteiger partial charge in [0.25, 0.3) is 0 Å². The van der Waals surface area contributed by atoms with Crippen LogP contribution in [0.1, 0.15) is 50.5 Å². The van der Waals surface area contributed by atoms with Crippen LogP contribution in [0.25, 0.3) is 10.9 Å². The lowest BCUT2D eigenvalue weighted by Crippen LogP contribution is -2.47. The van der Waals surface area contributed by atoms with Gasteiger partial charge in [0.2, 0.25) is 0 Å². The molecule has 3 aromatic rings. The van der Waals surface area contributed by atoms with Crippen LogP contribution in [0.15, 0.2) is 83.9 Å². The number of aromatic nitrogens is 2. The Kier molecular flexibility index (Phi) is 12.2. The third-order valence-electron chi connectivity index (χ3n) is 7.48. The maximum Gasteiger partial charge on any atom is 0.145 e. The third kappa shape index (κ3) is 8.87. The number of nitrogens with two attached hydrogens (primary N) is 1. The van der Waals surface area contributed by atoms with E-state index in [-0.39, 0.29) is 6.04 Å².